The van der Waals surface area contributed by atoms with Gasteiger partial charge in [0.25, 0.3) is 0 Å². The third-order valence-electron chi connectivity index (χ3n) is 17.7. The summed E-state index contributed by atoms with van der Waals surface area (Å²) in [6, 6.07) is 0. The van der Waals surface area contributed by atoms with Crippen molar-refractivity contribution in [2.24, 2.45) is 82.9 Å². The molecule has 1 aliphatic heterocycles. The Morgan fingerprint density at radius 1 is 0.338 bits per heavy atom. The smallest absolute Gasteiger partial charge is 0.248 e. The van der Waals surface area contributed by atoms with Crippen molar-refractivity contribution in [3.8, 4) is 0 Å². The van der Waals surface area contributed by atoms with E-state index in [1.54, 1.807) is 6.92 Å². The molecule has 15 atom stereocenters. The Labute approximate surface area is 434 Å². The Morgan fingerprint density at radius 2 is 0.676 bits per heavy atom. The lowest BCUT2D eigenvalue weighted by molar-refractivity contribution is -0.101. The van der Waals surface area contributed by atoms with Gasteiger partial charge in [-0.3, -0.25) is 0 Å². The number of aliphatic hydroxyl groups excluding tert-OH is 7. The number of aliphatic hydroxyl groups is 7. The zero-order chi connectivity index (χ0) is 54.4. The lowest BCUT2D eigenvalue weighted by Gasteiger charge is -2.37. The van der Waals surface area contributed by atoms with Crippen LogP contribution in [0.5, 0.6) is 0 Å². The van der Waals surface area contributed by atoms with Crippen molar-refractivity contribution in [2.45, 2.75) is 287 Å². The van der Waals surface area contributed by atoms with Crippen LogP contribution in [-0.2, 0) is 4.74 Å². The van der Waals surface area contributed by atoms with Crippen molar-refractivity contribution in [2.75, 3.05) is 13.2 Å². The van der Waals surface area contributed by atoms with Gasteiger partial charge >= 0.3 is 0 Å². The zero-order valence-corrected chi connectivity index (χ0v) is 48.4. The summed E-state index contributed by atoms with van der Waals surface area (Å²) in [7, 11) is 0. The van der Waals surface area contributed by atoms with Gasteiger partial charge in [-0.25, -0.2) is 13.2 Å². The second-order valence-electron chi connectivity index (χ2n) is 26.0. The summed E-state index contributed by atoms with van der Waals surface area (Å²) in [4.78, 5) is 0. The van der Waals surface area contributed by atoms with Crippen molar-refractivity contribution in [3.63, 3.8) is 0 Å². The molecule has 7 N–H and O–H groups in total. The van der Waals surface area contributed by atoms with E-state index in [4.69, 9.17) is 9.84 Å². The highest BCUT2D eigenvalue weighted by atomic mass is 19.3. The lowest BCUT2D eigenvalue weighted by atomic mass is 9.74. The Hall–Kier alpha value is -0.530. The number of hydrogen-bond donors (Lipinski definition) is 7. The molecule has 0 aromatic rings. The predicted molar refractivity (Wildman–Crippen MR) is 288 cm³/mol. The fourth-order valence-electron chi connectivity index (χ4n) is 12.2. The first-order chi connectivity index (χ1) is 32.9. The number of hydrogen-bond acceptors (Lipinski definition) is 8. The molecule has 1 unspecified atom stereocenters. The highest BCUT2D eigenvalue weighted by Crippen LogP contribution is 2.41. The van der Waals surface area contributed by atoms with Crippen LogP contribution in [0.1, 0.15) is 232 Å². The van der Waals surface area contributed by atoms with Crippen LogP contribution >= 0.6 is 0 Å². The van der Waals surface area contributed by atoms with Crippen molar-refractivity contribution in [1.82, 2.24) is 0 Å². The quantitative estimate of drug-likeness (QED) is 0.133. The van der Waals surface area contributed by atoms with Crippen LogP contribution in [0.15, 0.2) is 0 Å². The molecule has 0 amide bonds. The standard InChI is InChI=1S/C10H19FO.C9H16F2O.2C9H18O.C8H16O2.C8H16O.C7H14O/c1-7(2)8-4-5-10(3,11)6-9(8)12;1-6(2)7-5-9(10,11)4-3-8(7)12;2*1-7(2)8-5-3-4-6-9(8)10;1-6(2)7-5-10-4-3-8(7)9;1-6(2)7-4-3-5-8(7)9;1-5(2)6-3-4-7(6)8/h7-9,12H,4-6H2,1-3H3;6-8,12H,3-5H2,1-2H3;2*7-10H,3-6H2,1-2H3;6-9H,3-5H2,1-2H3;6-9H,3-5H2,1-2H3;5-8H,3-4H2,1-2H3/t8-,9+,10?;7-,8+;2*8-,9+;2*7-,8+;6-,7+/m1111111/s1. The van der Waals surface area contributed by atoms with E-state index in [-0.39, 0.29) is 61.6 Å². The van der Waals surface area contributed by atoms with Crippen LogP contribution in [0.25, 0.3) is 0 Å². The van der Waals surface area contributed by atoms with E-state index in [9.17, 15) is 43.8 Å². The van der Waals surface area contributed by atoms with E-state index < -0.39 is 23.8 Å². The largest absolute Gasteiger partial charge is 0.393 e. The molecule has 6 saturated carbocycles. The van der Waals surface area contributed by atoms with Crippen LogP contribution in [0.4, 0.5) is 13.2 Å². The second-order valence-corrected chi connectivity index (χ2v) is 26.0. The summed E-state index contributed by atoms with van der Waals surface area (Å²) >= 11 is 0. The van der Waals surface area contributed by atoms with Gasteiger partial charge in [0, 0.05) is 31.8 Å². The van der Waals surface area contributed by atoms with Gasteiger partial charge in [-0.15, -0.1) is 0 Å². The van der Waals surface area contributed by atoms with E-state index in [1.165, 1.54) is 57.8 Å². The van der Waals surface area contributed by atoms with Gasteiger partial charge in [-0.2, -0.15) is 0 Å². The minimum Gasteiger partial charge on any atom is -0.393 e. The lowest BCUT2D eigenvalue weighted by Crippen LogP contribution is -2.39. The molecular weight excluding hydrogens is 906 g/mol. The molecule has 0 aromatic heterocycles. The molecule has 1 heterocycles. The number of alkyl halides is 3. The molecule has 0 spiro atoms. The Morgan fingerprint density at radius 3 is 0.958 bits per heavy atom. The summed E-state index contributed by atoms with van der Waals surface area (Å²) < 4.78 is 44.4. The van der Waals surface area contributed by atoms with Crippen molar-refractivity contribution in [1.29, 1.82) is 0 Å². The minimum atomic E-state index is -2.55. The van der Waals surface area contributed by atoms with Gasteiger partial charge in [0.05, 0.1) is 49.3 Å². The number of rotatable bonds is 7. The fraction of sp³-hybridized carbons (Fsp3) is 1.00. The summed E-state index contributed by atoms with van der Waals surface area (Å²) in [5.74, 6) is 4.05. The van der Waals surface area contributed by atoms with Crippen molar-refractivity contribution in [3.05, 3.63) is 0 Å². The van der Waals surface area contributed by atoms with Gasteiger partial charge in [0.1, 0.15) is 5.67 Å². The highest BCUT2D eigenvalue weighted by Gasteiger charge is 2.42. The predicted octanol–water partition coefficient (Wildman–Crippen LogP) is 13.6. The Kier molecular flexibility index (Phi) is 33.1. The number of halogens is 3. The normalized spacial score (nSPS) is 36.8. The average Bonchev–Trinajstić information content (AvgIpc) is 3.71. The molecule has 6 aliphatic carbocycles. The second kappa shape index (κ2) is 34.3. The molecule has 7 fully saturated rings. The summed E-state index contributed by atoms with van der Waals surface area (Å²) in [5, 5.41) is 66.0. The van der Waals surface area contributed by atoms with Gasteiger partial charge in [-0.1, -0.05) is 129 Å². The molecular formula is C60H117F3O8. The van der Waals surface area contributed by atoms with Crippen LogP contribution < -0.4 is 0 Å². The first-order valence-electron chi connectivity index (χ1n) is 29.3. The molecule has 71 heavy (non-hydrogen) atoms. The van der Waals surface area contributed by atoms with E-state index in [0.29, 0.717) is 83.9 Å². The molecule has 7 aliphatic rings. The summed E-state index contributed by atoms with van der Waals surface area (Å²) in [6.07, 6.45) is 16.8. The Bertz CT molecular complexity index is 1260. The van der Waals surface area contributed by atoms with Gasteiger partial charge in [-0.05, 0) is 161 Å². The minimum absolute atomic E-state index is 0.00463. The SMILES string of the molecule is CC(C)[C@H]1CC(F)(F)CC[C@@H]1O.CC(C)[C@H]1CCC(C)(F)C[C@@H]1O.CC(C)[C@H]1CCCC[C@@H]1O.CC(C)[C@H]1CCCC[C@@H]1O.CC(C)[C@H]1CCC[C@@H]1O.CC(C)[C@H]1CC[C@@H]1O.CC(C)[C@H]1COCC[C@@H]1O. The van der Waals surface area contributed by atoms with Crippen LogP contribution in [0, 0.1) is 82.9 Å². The number of ether oxygens (including phenoxy) is 1. The average molecular weight is 1020 g/mol. The third kappa shape index (κ3) is 26.4. The maximum Gasteiger partial charge on any atom is 0.248 e. The monoisotopic (exact) mass is 1020 g/mol. The molecule has 0 aromatic carbocycles. The van der Waals surface area contributed by atoms with E-state index >= 15 is 0 Å². The first kappa shape index (κ1) is 68.5. The third-order valence-corrected chi connectivity index (χ3v) is 17.7. The van der Waals surface area contributed by atoms with Gasteiger partial charge < -0.3 is 40.5 Å². The van der Waals surface area contributed by atoms with E-state index in [2.05, 4.69) is 83.1 Å². The molecule has 0 radical (unpaired) electrons. The first-order valence-corrected chi connectivity index (χ1v) is 29.3. The van der Waals surface area contributed by atoms with Crippen LogP contribution in [0.2, 0.25) is 0 Å². The maximum atomic E-state index is 13.4. The zero-order valence-electron chi connectivity index (χ0n) is 48.4. The molecule has 11 heteroatoms. The molecule has 8 nitrogen and oxygen atoms in total. The Balaban J connectivity index is 0.000000416. The molecule has 7 rings (SSSR count). The van der Waals surface area contributed by atoms with Crippen molar-refractivity contribution < 1.29 is 53.7 Å². The molecule has 0 bridgehead atoms. The summed E-state index contributed by atoms with van der Waals surface area (Å²) in [5.41, 5.74) is -1.13. The van der Waals surface area contributed by atoms with Crippen molar-refractivity contribution >= 4 is 0 Å². The summed E-state index contributed by atoms with van der Waals surface area (Å²) in [6.45, 7) is 32.8. The van der Waals surface area contributed by atoms with E-state index in [1.807, 2.05) is 13.8 Å². The van der Waals surface area contributed by atoms with Crippen LogP contribution in [0.3, 0.4) is 0 Å². The fourth-order valence-corrected chi connectivity index (χ4v) is 12.2. The molecule has 426 valence electrons. The van der Waals surface area contributed by atoms with Crippen LogP contribution in [-0.4, -0.2) is 103 Å². The topological polar surface area (TPSA) is 151 Å². The maximum absolute atomic E-state index is 13.4. The van der Waals surface area contributed by atoms with Gasteiger partial charge in [0.15, 0.2) is 0 Å². The van der Waals surface area contributed by atoms with Gasteiger partial charge in [0.2, 0.25) is 5.92 Å². The highest BCUT2D eigenvalue weighted by molar-refractivity contribution is 4.89. The molecule has 1 saturated heterocycles. The van der Waals surface area contributed by atoms with E-state index in [0.717, 1.165) is 51.7 Å².